The van der Waals surface area contributed by atoms with Crippen LogP contribution in [-0.2, 0) is 11.2 Å². The van der Waals surface area contributed by atoms with E-state index in [1.54, 1.807) is 0 Å². The van der Waals surface area contributed by atoms with Gasteiger partial charge in [-0.2, -0.15) is 0 Å². The molecule has 2 atom stereocenters. The molecule has 2 aliphatic heterocycles. The molecule has 3 N–H and O–H groups in total. The van der Waals surface area contributed by atoms with Gasteiger partial charge < -0.3 is 20.7 Å². The largest absolute Gasteiger partial charge is 0.480 e. The minimum atomic E-state index is -0.412. The Morgan fingerprint density at radius 2 is 1.94 bits per heavy atom. The third-order valence-corrected chi connectivity index (χ3v) is 6.60. The summed E-state index contributed by atoms with van der Waals surface area (Å²) >= 11 is 0. The third-order valence-electron chi connectivity index (χ3n) is 6.60. The van der Waals surface area contributed by atoms with E-state index in [9.17, 15) is 4.79 Å². The number of amides is 1. The van der Waals surface area contributed by atoms with Crippen LogP contribution in [0.5, 0.6) is 5.75 Å². The second kappa shape index (κ2) is 8.54. The molecule has 33 heavy (non-hydrogen) atoms. The molecule has 0 bridgehead atoms. The summed E-state index contributed by atoms with van der Waals surface area (Å²) in [4.78, 5) is 24.2. The van der Waals surface area contributed by atoms with Gasteiger partial charge in [0.15, 0.2) is 6.10 Å². The predicted molar refractivity (Wildman–Crippen MR) is 130 cm³/mol. The number of carbonyl (C=O) groups excluding carboxylic acids is 1. The maximum absolute atomic E-state index is 12.9. The quantitative estimate of drug-likeness (QED) is 0.581. The molecule has 172 valence electrons. The number of nitrogen functional groups attached to an aromatic ring is 1. The lowest BCUT2D eigenvalue weighted by Crippen LogP contribution is -2.42. The van der Waals surface area contributed by atoms with E-state index in [1.165, 1.54) is 0 Å². The fraction of sp³-hybridized carbons (Fsp3) is 0.423. The molecule has 1 saturated heterocycles. The van der Waals surface area contributed by atoms with Gasteiger partial charge in [0.25, 0.3) is 5.91 Å². The fourth-order valence-corrected chi connectivity index (χ4v) is 4.93. The van der Waals surface area contributed by atoms with Crippen molar-refractivity contribution in [2.45, 2.75) is 58.6 Å². The van der Waals surface area contributed by atoms with Gasteiger partial charge in [-0.15, -0.1) is 0 Å². The van der Waals surface area contributed by atoms with Crippen LogP contribution in [0.15, 0.2) is 30.3 Å². The lowest BCUT2D eigenvalue weighted by atomic mass is 9.99. The highest BCUT2D eigenvalue weighted by Crippen LogP contribution is 2.35. The maximum Gasteiger partial charge on any atom is 0.263 e. The molecule has 1 unspecified atom stereocenters. The molecule has 7 heteroatoms. The topological polar surface area (TPSA) is 93.4 Å². The number of rotatable bonds is 4. The molecule has 1 amide bonds. The van der Waals surface area contributed by atoms with Gasteiger partial charge in [-0.1, -0.05) is 6.07 Å². The summed E-state index contributed by atoms with van der Waals surface area (Å²) in [5.41, 5.74) is 11.0. The van der Waals surface area contributed by atoms with E-state index in [-0.39, 0.29) is 11.9 Å². The van der Waals surface area contributed by atoms with Crippen molar-refractivity contribution in [3.8, 4) is 5.75 Å². The summed E-state index contributed by atoms with van der Waals surface area (Å²) < 4.78 is 6.23. The van der Waals surface area contributed by atoms with Crippen molar-refractivity contribution in [1.29, 1.82) is 0 Å². The van der Waals surface area contributed by atoms with E-state index in [2.05, 4.69) is 29.4 Å². The van der Waals surface area contributed by atoms with Gasteiger partial charge in [-0.05, 0) is 87.4 Å². The number of nitrogens with one attached hydrogen (secondary N) is 1. The van der Waals surface area contributed by atoms with Crippen LogP contribution in [0, 0.1) is 13.8 Å². The number of nitrogens with zero attached hydrogens (tertiary/aromatic N) is 3. The van der Waals surface area contributed by atoms with Gasteiger partial charge in [0.2, 0.25) is 0 Å². The van der Waals surface area contributed by atoms with Crippen molar-refractivity contribution in [3.05, 3.63) is 52.8 Å². The normalized spacial score (nSPS) is 18.6. The molecule has 1 fully saturated rings. The number of hydrogen-bond acceptors (Lipinski definition) is 6. The first-order chi connectivity index (χ1) is 15.9. The summed E-state index contributed by atoms with van der Waals surface area (Å²) in [7, 11) is 0. The van der Waals surface area contributed by atoms with E-state index < -0.39 is 6.10 Å². The lowest BCUT2D eigenvalue weighted by molar-refractivity contribution is -0.138. The number of benzene rings is 2. The SMILES string of the molecule is Cc1cc(N)cc([C@@H](C)Nc2nc(C)nc3cc4c(cc23)OC(C(=O)N2CCCC2)CC4)c1. The predicted octanol–water partition coefficient (Wildman–Crippen LogP) is 4.32. The Balaban J connectivity index is 1.46. The van der Waals surface area contributed by atoms with Gasteiger partial charge in [0, 0.05) is 24.2 Å². The molecule has 2 aromatic carbocycles. The maximum atomic E-state index is 12.9. The first-order valence-electron chi connectivity index (χ1n) is 11.8. The summed E-state index contributed by atoms with van der Waals surface area (Å²) in [5.74, 6) is 2.33. The summed E-state index contributed by atoms with van der Waals surface area (Å²) in [6.07, 6.45) is 3.26. The van der Waals surface area contributed by atoms with Crippen molar-refractivity contribution >= 4 is 28.3 Å². The van der Waals surface area contributed by atoms with Crippen LogP contribution in [-0.4, -0.2) is 40.0 Å². The molecular formula is C26H31N5O2. The van der Waals surface area contributed by atoms with Gasteiger partial charge >= 0.3 is 0 Å². The molecule has 3 aromatic rings. The highest BCUT2D eigenvalue weighted by Gasteiger charge is 2.31. The molecule has 0 saturated carbocycles. The number of carbonyl (C=O) groups is 1. The van der Waals surface area contributed by atoms with Crippen LogP contribution < -0.4 is 15.8 Å². The highest BCUT2D eigenvalue weighted by molar-refractivity contribution is 5.91. The molecule has 5 rings (SSSR count). The Labute approximate surface area is 194 Å². The van der Waals surface area contributed by atoms with Gasteiger partial charge in [0.05, 0.1) is 11.6 Å². The number of aromatic nitrogens is 2. The molecule has 0 radical (unpaired) electrons. The van der Waals surface area contributed by atoms with Gasteiger partial charge in [-0.3, -0.25) is 4.79 Å². The number of anilines is 2. The lowest BCUT2D eigenvalue weighted by Gasteiger charge is -2.29. The minimum absolute atomic E-state index is 0.00569. The minimum Gasteiger partial charge on any atom is -0.480 e. The average Bonchev–Trinajstić information content (AvgIpc) is 3.31. The van der Waals surface area contributed by atoms with E-state index in [4.69, 9.17) is 15.5 Å². The highest BCUT2D eigenvalue weighted by atomic mass is 16.5. The van der Waals surface area contributed by atoms with Crippen LogP contribution in [0.4, 0.5) is 11.5 Å². The van der Waals surface area contributed by atoms with Gasteiger partial charge in [0.1, 0.15) is 17.4 Å². The first-order valence-corrected chi connectivity index (χ1v) is 11.8. The molecule has 3 heterocycles. The van der Waals surface area contributed by atoms with E-state index in [0.29, 0.717) is 12.2 Å². The number of likely N-dealkylation sites (tertiary alicyclic amines) is 1. The molecule has 2 aliphatic rings. The van der Waals surface area contributed by atoms with E-state index in [0.717, 1.165) is 77.2 Å². The van der Waals surface area contributed by atoms with Crippen LogP contribution in [0.1, 0.15) is 54.7 Å². The van der Waals surface area contributed by atoms with Crippen LogP contribution in [0.3, 0.4) is 0 Å². The van der Waals surface area contributed by atoms with Crippen molar-refractivity contribution in [2.75, 3.05) is 24.1 Å². The summed E-state index contributed by atoms with van der Waals surface area (Å²) in [5, 5.41) is 4.43. The zero-order valence-corrected chi connectivity index (χ0v) is 19.5. The molecule has 0 spiro atoms. The molecular weight excluding hydrogens is 414 g/mol. The zero-order chi connectivity index (χ0) is 23.1. The Hall–Kier alpha value is -3.35. The second-order valence-electron chi connectivity index (χ2n) is 9.32. The Kier molecular flexibility index (Phi) is 5.56. The first kappa shape index (κ1) is 21.5. The number of ether oxygens (including phenoxy) is 1. The standard InChI is InChI=1S/C26H31N5O2/c1-15-10-19(12-20(27)11-15)16(2)28-25-21-14-24-18(13-22(21)29-17(3)30-25)6-7-23(33-24)26(32)31-8-4-5-9-31/h10-14,16,23H,4-9,27H2,1-3H3,(H,28,29,30)/t16-,23?/m1/s1. The van der Waals surface area contributed by atoms with E-state index in [1.807, 2.05) is 36.9 Å². The summed E-state index contributed by atoms with van der Waals surface area (Å²) in [6.45, 7) is 7.72. The summed E-state index contributed by atoms with van der Waals surface area (Å²) in [6, 6.07) is 10.2. The van der Waals surface area contributed by atoms with Crippen molar-refractivity contribution in [2.24, 2.45) is 0 Å². The molecule has 1 aromatic heterocycles. The van der Waals surface area contributed by atoms with Crippen LogP contribution in [0.25, 0.3) is 10.9 Å². The van der Waals surface area contributed by atoms with Gasteiger partial charge in [-0.25, -0.2) is 9.97 Å². The van der Waals surface area contributed by atoms with E-state index >= 15 is 0 Å². The van der Waals surface area contributed by atoms with Crippen molar-refractivity contribution < 1.29 is 9.53 Å². The fourth-order valence-electron chi connectivity index (χ4n) is 4.93. The number of hydrogen-bond donors (Lipinski definition) is 2. The monoisotopic (exact) mass is 445 g/mol. The second-order valence-corrected chi connectivity index (χ2v) is 9.32. The Morgan fingerprint density at radius 3 is 2.70 bits per heavy atom. The Morgan fingerprint density at radius 1 is 1.15 bits per heavy atom. The number of aryl methyl sites for hydroxylation is 3. The molecule has 0 aliphatic carbocycles. The van der Waals surface area contributed by atoms with Crippen molar-refractivity contribution in [3.63, 3.8) is 0 Å². The Bertz CT molecular complexity index is 1200. The van der Waals surface area contributed by atoms with Crippen LogP contribution >= 0.6 is 0 Å². The number of nitrogens with two attached hydrogens (primary N) is 1. The number of fused-ring (bicyclic) bond motifs is 2. The average molecular weight is 446 g/mol. The van der Waals surface area contributed by atoms with Crippen molar-refractivity contribution in [1.82, 2.24) is 14.9 Å². The third kappa shape index (κ3) is 4.32. The molecule has 7 nitrogen and oxygen atoms in total. The smallest absolute Gasteiger partial charge is 0.263 e. The zero-order valence-electron chi connectivity index (χ0n) is 19.5. The van der Waals surface area contributed by atoms with Crippen LogP contribution in [0.2, 0.25) is 0 Å².